The molecule has 0 spiro atoms. The van der Waals surface area contributed by atoms with Gasteiger partial charge in [-0.1, -0.05) is 35.9 Å². The third kappa shape index (κ3) is 5.06. The molecule has 0 radical (unpaired) electrons. The predicted molar refractivity (Wildman–Crippen MR) is 166 cm³/mol. The molecule has 8 nitrogen and oxygen atoms in total. The standard InChI is InChI=1S/C33H32N4O4S/c1-22-4-11-28(12-5-22)42(40,41)37-21-30(24-6-8-25(9-7-24)33(38)39)29-19-27(20-34-32(29)37)26-10-13-31(23(2)18-26)36-16-14-35(3)15-17-36/h4-13,18-21H,14-17H2,1-3H3,(H,38,39). The molecule has 3 aromatic carbocycles. The van der Waals surface area contributed by atoms with Crippen LogP contribution in [-0.4, -0.2) is 66.6 Å². The number of fused-ring (bicyclic) bond motifs is 1. The summed E-state index contributed by atoms with van der Waals surface area (Å²) >= 11 is 0. The van der Waals surface area contributed by atoms with E-state index in [-0.39, 0.29) is 10.5 Å². The fourth-order valence-electron chi connectivity index (χ4n) is 5.50. The van der Waals surface area contributed by atoms with Crippen LogP contribution < -0.4 is 4.90 Å². The van der Waals surface area contributed by atoms with Crippen molar-refractivity contribution in [2.24, 2.45) is 0 Å². The van der Waals surface area contributed by atoms with Gasteiger partial charge in [0, 0.05) is 60.8 Å². The average Bonchev–Trinajstić information content (AvgIpc) is 3.38. The van der Waals surface area contributed by atoms with Crippen LogP contribution in [0.15, 0.2) is 90.1 Å². The Hall–Kier alpha value is -4.47. The number of hydrogen-bond acceptors (Lipinski definition) is 6. The highest BCUT2D eigenvalue weighted by Gasteiger charge is 2.24. The zero-order valence-electron chi connectivity index (χ0n) is 23.8. The van der Waals surface area contributed by atoms with Gasteiger partial charge in [-0.2, -0.15) is 0 Å². The number of hydrogen-bond donors (Lipinski definition) is 1. The summed E-state index contributed by atoms with van der Waals surface area (Å²) in [5.41, 5.74) is 7.01. The lowest BCUT2D eigenvalue weighted by Gasteiger charge is -2.35. The van der Waals surface area contributed by atoms with E-state index in [1.165, 1.54) is 27.4 Å². The molecule has 1 N–H and O–H groups in total. The Bertz CT molecular complexity index is 1900. The molecular formula is C33H32N4O4S. The number of aryl methyl sites for hydroxylation is 2. The molecule has 5 aromatic rings. The van der Waals surface area contributed by atoms with Gasteiger partial charge in [0.15, 0.2) is 5.65 Å². The second kappa shape index (κ2) is 10.7. The molecule has 6 rings (SSSR count). The van der Waals surface area contributed by atoms with Crippen molar-refractivity contribution < 1.29 is 18.3 Å². The number of carboxylic acid groups (broad SMARTS) is 1. The van der Waals surface area contributed by atoms with Gasteiger partial charge < -0.3 is 14.9 Å². The largest absolute Gasteiger partial charge is 0.478 e. The van der Waals surface area contributed by atoms with E-state index in [1.54, 1.807) is 48.8 Å². The highest BCUT2D eigenvalue weighted by Crippen LogP contribution is 2.36. The van der Waals surface area contributed by atoms with Crippen LogP contribution in [0.5, 0.6) is 0 Å². The van der Waals surface area contributed by atoms with Crippen LogP contribution in [0.2, 0.25) is 0 Å². The van der Waals surface area contributed by atoms with E-state index in [2.05, 4.69) is 47.0 Å². The first kappa shape index (κ1) is 27.7. The SMILES string of the molecule is Cc1ccc(S(=O)(=O)n2cc(-c3ccc(C(=O)O)cc3)c3cc(-c4ccc(N5CCN(C)CC5)c(C)c4)cnc32)cc1. The van der Waals surface area contributed by atoms with Crippen LogP contribution in [0, 0.1) is 13.8 Å². The van der Waals surface area contributed by atoms with Gasteiger partial charge in [-0.05, 0) is 80.1 Å². The molecule has 0 bridgehead atoms. The molecule has 1 aliphatic rings. The minimum atomic E-state index is -3.95. The summed E-state index contributed by atoms with van der Waals surface area (Å²) in [4.78, 5) is 21.0. The van der Waals surface area contributed by atoms with E-state index in [0.29, 0.717) is 22.2 Å². The number of nitrogens with zero attached hydrogens (tertiary/aromatic N) is 4. The Morgan fingerprint density at radius 2 is 1.50 bits per heavy atom. The third-order valence-electron chi connectivity index (χ3n) is 8.01. The molecule has 0 unspecified atom stereocenters. The topological polar surface area (TPSA) is 95.7 Å². The molecular weight excluding hydrogens is 548 g/mol. The Labute approximate surface area is 245 Å². The summed E-state index contributed by atoms with van der Waals surface area (Å²) < 4.78 is 28.8. The highest BCUT2D eigenvalue weighted by atomic mass is 32.2. The van der Waals surface area contributed by atoms with Crippen molar-refractivity contribution in [2.45, 2.75) is 18.7 Å². The van der Waals surface area contributed by atoms with Crippen LogP contribution in [0.1, 0.15) is 21.5 Å². The molecule has 0 amide bonds. The van der Waals surface area contributed by atoms with Crippen molar-refractivity contribution in [1.29, 1.82) is 0 Å². The number of likely N-dealkylation sites (N-methyl/N-ethyl adjacent to an activating group) is 1. The summed E-state index contributed by atoms with van der Waals surface area (Å²) in [6.07, 6.45) is 3.29. The van der Waals surface area contributed by atoms with Crippen molar-refractivity contribution in [3.63, 3.8) is 0 Å². The summed E-state index contributed by atoms with van der Waals surface area (Å²) in [5.74, 6) is -1.02. The van der Waals surface area contributed by atoms with Gasteiger partial charge in [-0.25, -0.2) is 22.2 Å². The first-order valence-corrected chi connectivity index (χ1v) is 15.3. The van der Waals surface area contributed by atoms with Gasteiger partial charge in [0.2, 0.25) is 0 Å². The number of pyridine rings is 1. The maximum absolute atomic E-state index is 13.8. The molecule has 0 saturated carbocycles. The summed E-state index contributed by atoms with van der Waals surface area (Å²) in [6.45, 7) is 8.04. The van der Waals surface area contributed by atoms with Crippen LogP contribution >= 0.6 is 0 Å². The van der Waals surface area contributed by atoms with Gasteiger partial charge in [0.25, 0.3) is 10.0 Å². The highest BCUT2D eigenvalue weighted by molar-refractivity contribution is 7.90. The number of rotatable bonds is 6. The second-order valence-electron chi connectivity index (χ2n) is 10.9. The van der Waals surface area contributed by atoms with Gasteiger partial charge in [-0.3, -0.25) is 0 Å². The average molecular weight is 581 g/mol. The Morgan fingerprint density at radius 3 is 2.14 bits per heavy atom. The van der Waals surface area contributed by atoms with Crippen LogP contribution in [0.25, 0.3) is 33.3 Å². The first-order chi connectivity index (χ1) is 20.1. The lowest BCUT2D eigenvalue weighted by molar-refractivity contribution is 0.0697. The molecule has 1 fully saturated rings. The minimum absolute atomic E-state index is 0.157. The molecule has 1 aliphatic heterocycles. The monoisotopic (exact) mass is 580 g/mol. The summed E-state index contributed by atoms with van der Waals surface area (Å²) in [5, 5.41) is 10.0. The Morgan fingerprint density at radius 1 is 0.833 bits per heavy atom. The van der Waals surface area contributed by atoms with Crippen molar-refractivity contribution in [3.8, 4) is 22.3 Å². The normalized spacial score (nSPS) is 14.4. The molecule has 0 atom stereocenters. The van der Waals surface area contributed by atoms with E-state index >= 15 is 0 Å². The number of anilines is 1. The molecule has 9 heteroatoms. The molecule has 214 valence electrons. The Balaban J connectivity index is 1.47. The van der Waals surface area contributed by atoms with Gasteiger partial charge >= 0.3 is 5.97 Å². The smallest absolute Gasteiger partial charge is 0.335 e. The number of aromatic carboxylic acids is 1. The summed E-state index contributed by atoms with van der Waals surface area (Å²) in [7, 11) is -1.80. The predicted octanol–water partition coefficient (Wildman–Crippen LogP) is 5.67. The van der Waals surface area contributed by atoms with E-state index in [0.717, 1.165) is 42.9 Å². The van der Waals surface area contributed by atoms with Gasteiger partial charge in [0.1, 0.15) is 0 Å². The van der Waals surface area contributed by atoms with Gasteiger partial charge in [-0.15, -0.1) is 0 Å². The van der Waals surface area contributed by atoms with E-state index in [1.807, 2.05) is 13.0 Å². The lowest BCUT2D eigenvalue weighted by Crippen LogP contribution is -2.44. The minimum Gasteiger partial charge on any atom is -0.478 e. The van der Waals surface area contributed by atoms with Crippen molar-refractivity contribution >= 4 is 32.7 Å². The van der Waals surface area contributed by atoms with Crippen LogP contribution in [0.3, 0.4) is 0 Å². The zero-order chi connectivity index (χ0) is 29.6. The number of benzene rings is 3. The van der Waals surface area contributed by atoms with E-state index in [4.69, 9.17) is 0 Å². The number of aromatic nitrogens is 2. The van der Waals surface area contributed by atoms with E-state index in [9.17, 15) is 18.3 Å². The maximum atomic E-state index is 13.8. The van der Waals surface area contributed by atoms with Crippen molar-refractivity contribution in [1.82, 2.24) is 13.9 Å². The number of piperazine rings is 1. The Kier molecular flexibility index (Phi) is 7.08. The maximum Gasteiger partial charge on any atom is 0.335 e. The fourth-order valence-corrected chi connectivity index (χ4v) is 6.83. The lowest BCUT2D eigenvalue weighted by atomic mass is 9.99. The van der Waals surface area contributed by atoms with Crippen molar-refractivity contribution in [3.05, 3.63) is 102 Å². The second-order valence-corrected chi connectivity index (χ2v) is 12.7. The zero-order valence-corrected chi connectivity index (χ0v) is 24.6. The quantitative estimate of drug-likeness (QED) is 0.276. The molecule has 42 heavy (non-hydrogen) atoms. The van der Waals surface area contributed by atoms with E-state index < -0.39 is 16.0 Å². The molecule has 2 aromatic heterocycles. The van der Waals surface area contributed by atoms with Crippen LogP contribution in [0.4, 0.5) is 5.69 Å². The number of carboxylic acids is 1. The molecule has 0 aliphatic carbocycles. The summed E-state index contributed by atoms with van der Waals surface area (Å²) in [6, 6.07) is 21.5. The number of carbonyl (C=O) groups is 1. The molecule has 1 saturated heterocycles. The molecule has 3 heterocycles. The van der Waals surface area contributed by atoms with Crippen LogP contribution in [-0.2, 0) is 10.0 Å². The fraction of sp³-hybridized carbons (Fsp3) is 0.212. The third-order valence-corrected chi connectivity index (χ3v) is 9.67. The van der Waals surface area contributed by atoms with Gasteiger partial charge in [0.05, 0.1) is 10.5 Å². The van der Waals surface area contributed by atoms with Crippen molar-refractivity contribution in [2.75, 3.05) is 38.1 Å². The first-order valence-electron chi connectivity index (χ1n) is 13.8.